The van der Waals surface area contributed by atoms with Gasteiger partial charge in [0, 0.05) is 17.1 Å². The van der Waals surface area contributed by atoms with Gasteiger partial charge in [-0.2, -0.15) is 0 Å². The molecule has 0 atom stereocenters. The van der Waals surface area contributed by atoms with Crippen molar-refractivity contribution < 1.29 is 9.21 Å². The molecule has 1 fully saturated rings. The first-order chi connectivity index (χ1) is 15.9. The number of anilines is 1. The second kappa shape index (κ2) is 8.71. The van der Waals surface area contributed by atoms with E-state index in [1.165, 1.54) is 17.3 Å². The molecule has 6 nitrogen and oxygen atoms in total. The fourth-order valence-electron chi connectivity index (χ4n) is 4.90. The van der Waals surface area contributed by atoms with Gasteiger partial charge >= 0.3 is 0 Å². The average molecular weight is 462 g/mol. The molecule has 2 aromatic heterocycles. The average Bonchev–Trinajstić information content (AvgIpc) is 3.43. The summed E-state index contributed by atoms with van der Waals surface area (Å²) >= 11 is 1.32. The van der Waals surface area contributed by atoms with Gasteiger partial charge in [-0.1, -0.05) is 54.4 Å². The molecule has 0 saturated heterocycles. The minimum atomic E-state index is -0.156. The largest absolute Gasteiger partial charge is 0.448 e. The van der Waals surface area contributed by atoms with E-state index >= 15 is 0 Å². The monoisotopic (exact) mass is 461 g/mol. The summed E-state index contributed by atoms with van der Waals surface area (Å²) in [7, 11) is 0. The maximum Gasteiger partial charge on any atom is 0.298 e. The van der Waals surface area contributed by atoms with Gasteiger partial charge in [-0.3, -0.25) is 14.2 Å². The molecule has 1 aliphatic rings. The van der Waals surface area contributed by atoms with Crippen molar-refractivity contribution in [2.45, 2.75) is 57.7 Å². The molecule has 170 valence electrons. The highest BCUT2D eigenvalue weighted by Gasteiger charge is 2.26. The highest BCUT2D eigenvalue weighted by molar-refractivity contribution is 7.99. The molecule has 1 N–H and O–H groups in total. The van der Waals surface area contributed by atoms with Crippen molar-refractivity contribution in [3.05, 3.63) is 63.4 Å². The van der Waals surface area contributed by atoms with Crippen LogP contribution in [0.3, 0.4) is 0 Å². The summed E-state index contributed by atoms with van der Waals surface area (Å²) in [5.41, 5.74) is 5.46. The van der Waals surface area contributed by atoms with Crippen LogP contribution in [0.25, 0.3) is 22.1 Å². The van der Waals surface area contributed by atoms with Gasteiger partial charge in [0.25, 0.3) is 5.56 Å². The Bertz CT molecular complexity index is 1410. The molecule has 5 rings (SSSR count). The van der Waals surface area contributed by atoms with Crippen LogP contribution in [0, 0.1) is 20.8 Å². The van der Waals surface area contributed by atoms with Crippen molar-refractivity contribution in [3.8, 4) is 0 Å². The lowest BCUT2D eigenvalue weighted by Gasteiger charge is -2.17. The van der Waals surface area contributed by atoms with Gasteiger partial charge < -0.3 is 9.73 Å². The van der Waals surface area contributed by atoms with Crippen LogP contribution in [0.5, 0.6) is 0 Å². The zero-order chi connectivity index (χ0) is 23.1. The van der Waals surface area contributed by atoms with Crippen LogP contribution >= 0.6 is 11.8 Å². The van der Waals surface area contributed by atoms with Crippen LogP contribution in [0.2, 0.25) is 0 Å². The van der Waals surface area contributed by atoms with E-state index in [0.717, 1.165) is 47.9 Å². The number of para-hydroxylation sites is 1. The van der Waals surface area contributed by atoms with Crippen molar-refractivity contribution in [1.82, 2.24) is 9.55 Å². The zero-order valence-corrected chi connectivity index (χ0v) is 19.9. The number of aryl methyl sites for hydroxylation is 3. The van der Waals surface area contributed by atoms with E-state index in [9.17, 15) is 9.59 Å². The predicted octanol–water partition coefficient (Wildman–Crippen LogP) is 5.91. The summed E-state index contributed by atoms with van der Waals surface area (Å²) in [6, 6.07) is 11.8. The second-order valence-corrected chi connectivity index (χ2v) is 9.84. The summed E-state index contributed by atoms with van der Waals surface area (Å²) < 4.78 is 7.66. The molecule has 0 spiro atoms. The summed E-state index contributed by atoms with van der Waals surface area (Å²) in [5, 5.41) is 4.45. The fraction of sp³-hybridized carbons (Fsp3) is 0.346. The Morgan fingerprint density at radius 1 is 1.15 bits per heavy atom. The maximum absolute atomic E-state index is 13.5. The number of fused-ring (bicyclic) bond motifs is 3. The van der Waals surface area contributed by atoms with E-state index in [-0.39, 0.29) is 23.3 Å². The number of nitrogens with zero attached hydrogens (tertiary/aromatic N) is 2. The van der Waals surface area contributed by atoms with Crippen LogP contribution in [-0.2, 0) is 4.79 Å². The van der Waals surface area contributed by atoms with E-state index in [1.807, 2.05) is 45.0 Å². The first kappa shape index (κ1) is 21.8. The molecule has 1 saturated carbocycles. The lowest BCUT2D eigenvalue weighted by molar-refractivity contribution is -0.113. The molecule has 2 heterocycles. The highest BCUT2D eigenvalue weighted by atomic mass is 32.2. The number of aromatic nitrogens is 2. The van der Waals surface area contributed by atoms with E-state index in [4.69, 9.17) is 9.40 Å². The minimum absolute atomic E-state index is 0.0924. The summed E-state index contributed by atoms with van der Waals surface area (Å²) in [4.78, 5) is 31.2. The van der Waals surface area contributed by atoms with Crippen LogP contribution < -0.4 is 10.9 Å². The molecule has 1 amide bonds. The Kier molecular flexibility index (Phi) is 5.74. The molecule has 2 aromatic carbocycles. The highest BCUT2D eigenvalue weighted by Crippen LogP contribution is 2.34. The predicted molar refractivity (Wildman–Crippen MR) is 133 cm³/mol. The van der Waals surface area contributed by atoms with Gasteiger partial charge in [0.15, 0.2) is 5.16 Å². The molecule has 33 heavy (non-hydrogen) atoms. The Morgan fingerprint density at radius 3 is 2.58 bits per heavy atom. The minimum Gasteiger partial charge on any atom is -0.448 e. The Balaban J connectivity index is 1.49. The Labute approximate surface area is 196 Å². The lowest BCUT2D eigenvalue weighted by Crippen LogP contribution is -2.26. The molecular formula is C26H27N3O3S. The number of hydrogen-bond donors (Lipinski definition) is 1. The quantitative estimate of drug-likeness (QED) is 0.295. The number of thioether (sulfide) groups is 1. The van der Waals surface area contributed by atoms with Crippen LogP contribution in [0.1, 0.15) is 48.4 Å². The lowest BCUT2D eigenvalue weighted by atomic mass is 10.1. The van der Waals surface area contributed by atoms with Crippen molar-refractivity contribution in [1.29, 1.82) is 0 Å². The zero-order valence-electron chi connectivity index (χ0n) is 19.1. The smallest absolute Gasteiger partial charge is 0.298 e. The normalized spacial score (nSPS) is 14.4. The number of furan rings is 1. The molecule has 0 aliphatic heterocycles. The van der Waals surface area contributed by atoms with Crippen molar-refractivity contribution >= 4 is 45.4 Å². The summed E-state index contributed by atoms with van der Waals surface area (Å²) in [5.74, 6) is 0.0622. The van der Waals surface area contributed by atoms with Gasteiger partial charge in [-0.05, 0) is 56.9 Å². The number of benzene rings is 2. The molecule has 0 unspecified atom stereocenters. The number of amides is 1. The van der Waals surface area contributed by atoms with Crippen LogP contribution in [-0.4, -0.2) is 21.2 Å². The number of rotatable bonds is 5. The SMILES string of the molecule is Cc1cc(C)c(NC(=O)CSc2nc3c(oc4ccccc43)c(=O)n2C2CCCC2)c(C)c1. The standard InChI is InChI=1S/C26H27N3O3S/c1-15-12-16(2)22(17(3)13-15)27-21(30)14-33-26-28-23-19-10-6-7-11-20(19)32-24(23)25(31)29(26)18-8-4-5-9-18/h6-7,10-13,18H,4-5,8-9,14H2,1-3H3,(H,27,30). The number of hydrogen-bond acceptors (Lipinski definition) is 5. The molecule has 0 bridgehead atoms. The van der Waals surface area contributed by atoms with Gasteiger partial charge in [0.2, 0.25) is 11.5 Å². The maximum atomic E-state index is 13.5. The summed E-state index contributed by atoms with van der Waals surface area (Å²) in [6.45, 7) is 6.05. The third-order valence-corrected chi connectivity index (χ3v) is 7.31. The van der Waals surface area contributed by atoms with Gasteiger partial charge in [-0.25, -0.2) is 4.98 Å². The Hall–Kier alpha value is -3.06. The third kappa shape index (κ3) is 4.06. The molecule has 4 aromatic rings. The third-order valence-electron chi connectivity index (χ3n) is 6.36. The topological polar surface area (TPSA) is 77.1 Å². The second-order valence-electron chi connectivity index (χ2n) is 8.89. The van der Waals surface area contributed by atoms with E-state index in [2.05, 4.69) is 17.4 Å². The number of carbonyl (C=O) groups excluding carboxylic acids is 1. The van der Waals surface area contributed by atoms with E-state index in [1.54, 1.807) is 4.57 Å². The van der Waals surface area contributed by atoms with Crippen LogP contribution in [0.4, 0.5) is 5.69 Å². The molecular weight excluding hydrogens is 434 g/mol. The number of carbonyl (C=O) groups is 1. The van der Waals surface area contributed by atoms with Crippen molar-refractivity contribution in [2.75, 3.05) is 11.1 Å². The van der Waals surface area contributed by atoms with Gasteiger partial charge in [0.05, 0.1) is 5.75 Å². The van der Waals surface area contributed by atoms with Crippen molar-refractivity contribution in [3.63, 3.8) is 0 Å². The van der Waals surface area contributed by atoms with Crippen LogP contribution in [0.15, 0.2) is 50.8 Å². The first-order valence-electron chi connectivity index (χ1n) is 11.4. The molecule has 7 heteroatoms. The summed E-state index contributed by atoms with van der Waals surface area (Å²) in [6.07, 6.45) is 4.06. The Morgan fingerprint density at radius 2 is 1.85 bits per heavy atom. The van der Waals surface area contributed by atoms with Crippen molar-refractivity contribution in [2.24, 2.45) is 0 Å². The molecule has 0 radical (unpaired) electrons. The number of nitrogens with one attached hydrogen (secondary N) is 1. The van der Waals surface area contributed by atoms with E-state index in [0.29, 0.717) is 21.8 Å². The molecule has 1 aliphatic carbocycles. The fourth-order valence-corrected chi connectivity index (χ4v) is 5.76. The van der Waals surface area contributed by atoms with Gasteiger partial charge in [-0.15, -0.1) is 0 Å². The van der Waals surface area contributed by atoms with Gasteiger partial charge in [0.1, 0.15) is 11.1 Å². The first-order valence-corrected chi connectivity index (χ1v) is 12.3. The van der Waals surface area contributed by atoms with E-state index < -0.39 is 0 Å².